The van der Waals surface area contributed by atoms with E-state index in [1.54, 1.807) is 0 Å². The fourth-order valence-electron chi connectivity index (χ4n) is 5.66. The van der Waals surface area contributed by atoms with Crippen LogP contribution in [-0.2, 0) is 22.6 Å². The van der Waals surface area contributed by atoms with E-state index in [9.17, 15) is 9.59 Å². The predicted molar refractivity (Wildman–Crippen MR) is 145 cm³/mol. The summed E-state index contributed by atoms with van der Waals surface area (Å²) in [6.45, 7) is 5.27. The van der Waals surface area contributed by atoms with Gasteiger partial charge in [-0.2, -0.15) is 0 Å². The van der Waals surface area contributed by atoms with E-state index in [2.05, 4.69) is 53.5 Å². The molecule has 5 rings (SSSR count). The third-order valence-corrected chi connectivity index (χ3v) is 7.67. The van der Waals surface area contributed by atoms with E-state index in [0.29, 0.717) is 12.3 Å². The Morgan fingerprint density at radius 2 is 1.73 bits per heavy atom. The van der Waals surface area contributed by atoms with Crippen molar-refractivity contribution in [2.45, 2.75) is 58.5 Å². The van der Waals surface area contributed by atoms with E-state index >= 15 is 0 Å². The molecule has 5 nitrogen and oxygen atoms in total. The molecule has 3 aromatic carbocycles. The molecule has 3 aromatic rings. The molecule has 0 bridgehead atoms. The summed E-state index contributed by atoms with van der Waals surface area (Å²) in [5.41, 5.74) is 6.88. The lowest BCUT2D eigenvalue weighted by molar-refractivity contribution is -0.137. The second kappa shape index (κ2) is 11.2. The summed E-state index contributed by atoms with van der Waals surface area (Å²) in [6, 6.07) is 22.5. The third kappa shape index (κ3) is 5.87. The first-order valence-electron chi connectivity index (χ1n) is 13.4. The van der Waals surface area contributed by atoms with Gasteiger partial charge in [0.1, 0.15) is 5.75 Å². The molecule has 0 radical (unpaired) electrons. The minimum atomic E-state index is -0.160. The van der Waals surface area contributed by atoms with Crippen LogP contribution in [0.25, 0.3) is 0 Å². The van der Waals surface area contributed by atoms with Gasteiger partial charge in [-0.3, -0.25) is 9.59 Å². The topological polar surface area (TPSA) is 58.6 Å². The Bertz CT molecular complexity index is 1260. The Morgan fingerprint density at radius 1 is 0.946 bits per heavy atom. The molecule has 1 N–H and O–H groups in total. The van der Waals surface area contributed by atoms with Crippen LogP contribution in [0.15, 0.2) is 66.7 Å². The van der Waals surface area contributed by atoms with Gasteiger partial charge >= 0.3 is 0 Å². The minimum Gasteiger partial charge on any atom is -0.484 e. The monoisotopic (exact) mass is 496 g/mol. The standard InChI is InChI=1S/C32H36N2O3/c1-22-10-12-26(13-11-22)31-29-19-28(37-21-30(35)33-20-24-7-5-6-23(2)18-24)15-14-25(29)16-17-34(31)32(36)27-8-3-4-9-27/h5-7,10-15,18-19,27,31H,3-4,8-9,16-17,20-21H2,1-2H3,(H,33,35). The van der Waals surface area contributed by atoms with Crippen LogP contribution in [-0.4, -0.2) is 29.9 Å². The zero-order valence-electron chi connectivity index (χ0n) is 21.8. The second-order valence-electron chi connectivity index (χ2n) is 10.5. The van der Waals surface area contributed by atoms with Gasteiger partial charge < -0.3 is 15.0 Å². The number of carbonyl (C=O) groups is 2. The van der Waals surface area contributed by atoms with Crippen LogP contribution >= 0.6 is 0 Å². The molecule has 1 heterocycles. The minimum absolute atomic E-state index is 0.0511. The van der Waals surface area contributed by atoms with Gasteiger partial charge in [0.2, 0.25) is 5.91 Å². The number of carbonyl (C=O) groups excluding carboxylic acids is 2. The highest BCUT2D eigenvalue weighted by molar-refractivity contribution is 5.80. The zero-order chi connectivity index (χ0) is 25.8. The van der Waals surface area contributed by atoms with Gasteiger partial charge in [-0.15, -0.1) is 0 Å². The van der Waals surface area contributed by atoms with Gasteiger partial charge in [0.15, 0.2) is 6.61 Å². The summed E-state index contributed by atoms with van der Waals surface area (Å²) in [5.74, 6) is 0.894. The fraction of sp³-hybridized carbons (Fsp3) is 0.375. The number of fused-ring (bicyclic) bond motifs is 1. The molecule has 1 saturated carbocycles. The molecule has 192 valence electrons. The summed E-state index contributed by atoms with van der Waals surface area (Å²) in [4.78, 5) is 28.2. The van der Waals surface area contributed by atoms with Crippen molar-refractivity contribution in [2.24, 2.45) is 5.92 Å². The van der Waals surface area contributed by atoms with Crippen LogP contribution in [0.5, 0.6) is 5.75 Å². The number of nitrogens with one attached hydrogen (secondary N) is 1. The number of amides is 2. The molecule has 37 heavy (non-hydrogen) atoms. The van der Waals surface area contributed by atoms with E-state index in [0.717, 1.165) is 55.3 Å². The van der Waals surface area contributed by atoms with Crippen LogP contribution in [0.1, 0.15) is 65.1 Å². The number of benzene rings is 3. The molecule has 1 unspecified atom stereocenters. The summed E-state index contributed by atoms with van der Waals surface area (Å²) < 4.78 is 5.93. The van der Waals surface area contributed by atoms with E-state index in [-0.39, 0.29) is 30.4 Å². The number of hydrogen-bond acceptors (Lipinski definition) is 3. The average Bonchev–Trinajstić information content (AvgIpc) is 3.45. The lowest BCUT2D eigenvalue weighted by Gasteiger charge is -2.39. The maximum atomic E-state index is 13.6. The van der Waals surface area contributed by atoms with Crippen molar-refractivity contribution < 1.29 is 14.3 Å². The lowest BCUT2D eigenvalue weighted by atomic mass is 9.86. The van der Waals surface area contributed by atoms with E-state index in [4.69, 9.17) is 4.74 Å². The predicted octanol–water partition coefficient (Wildman–Crippen LogP) is 5.66. The number of nitrogens with zero attached hydrogens (tertiary/aromatic N) is 1. The van der Waals surface area contributed by atoms with Crippen molar-refractivity contribution >= 4 is 11.8 Å². The molecule has 0 saturated heterocycles. The number of ether oxygens (including phenoxy) is 1. The van der Waals surface area contributed by atoms with Crippen LogP contribution < -0.4 is 10.1 Å². The van der Waals surface area contributed by atoms with Gasteiger partial charge in [0.25, 0.3) is 5.91 Å². The maximum absolute atomic E-state index is 13.6. The quantitative estimate of drug-likeness (QED) is 0.459. The Labute approximate surface area is 219 Å². The highest BCUT2D eigenvalue weighted by Crippen LogP contribution is 2.39. The van der Waals surface area contributed by atoms with Crippen LogP contribution in [0, 0.1) is 19.8 Å². The summed E-state index contributed by atoms with van der Waals surface area (Å²) in [6.07, 6.45) is 5.08. The van der Waals surface area contributed by atoms with Crippen molar-refractivity contribution in [3.05, 3.63) is 100 Å². The Kier molecular flexibility index (Phi) is 7.59. The summed E-state index contributed by atoms with van der Waals surface area (Å²) >= 11 is 0. The molecule has 2 aliphatic rings. The van der Waals surface area contributed by atoms with Crippen molar-refractivity contribution in [2.75, 3.05) is 13.2 Å². The largest absolute Gasteiger partial charge is 0.484 e. The first kappa shape index (κ1) is 25.1. The van der Waals surface area contributed by atoms with Crippen molar-refractivity contribution in [3.63, 3.8) is 0 Å². The van der Waals surface area contributed by atoms with E-state index in [1.807, 2.05) is 37.3 Å². The van der Waals surface area contributed by atoms with Gasteiger partial charge in [-0.1, -0.05) is 78.6 Å². The van der Waals surface area contributed by atoms with Crippen LogP contribution in [0.2, 0.25) is 0 Å². The van der Waals surface area contributed by atoms with Crippen LogP contribution in [0.3, 0.4) is 0 Å². The zero-order valence-corrected chi connectivity index (χ0v) is 21.8. The second-order valence-corrected chi connectivity index (χ2v) is 10.5. The number of rotatable bonds is 7. The van der Waals surface area contributed by atoms with Crippen molar-refractivity contribution in [1.82, 2.24) is 10.2 Å². The van der Waals surface area contributed by atoms with Crippen LogP contribution in [0.4, 0.5) is 0 Å². The molecule has 1 fully saturated rings. The van der Waals surface area contributed by atoms with E-state index < -0.39 is 0 Å². The normalized spacial score (nSPS) is 17.4. The van der Waals surface area contributed by atoms with Gasteiger partial charge in [-0.25, -0.2) is 0 Å². The van der Waals surface area contributed by atoms with Crippen molar-refractivity contribution in [3.8, 4) is 5.75 Å². The average molecular weight is 497 g/mol. The molecular weight excluding hydrogens is 460 g/mol. The van der Waals surface area contributed by atoms with Gasteiger partial charge in [0, 0.05) is 19.0 Å². The van der Waals surface area contributed by atoms with Gasteiger partial charge in [-0.05, 0) is 67.5 Å². The smallest absolute Gasteiger partial charge is 0.258 e. The SMILES string of the molecule is Cc1ccc(C2c3cc(OCC(=O)NCc4cccc(C)c4)ccc3CCN2C(=O)C2CCCC2)cc1. The Balaban J connectivity index is 1.33. The molecular formula is C32H36N2O3. The maximum Gasteiger partial charge on any atom is 0.258 e. The lowest BCUT2D eigenvalue weighted by Crippen LogP contribution is -2.43. The Morgan fingerprint density at radius 3 is 2.49 bits per heavy atom. The highest BCUT2D eigenvalue weighted by atomic mass is 16.5. The summed E-state index contributed by atoms with van der Waals surface area (Å²) in [5, 5.41) is 2.94. The molecule has 1 aliphatic carbocycles. The first-order chi connectivity index (χ1) is 18.0. The number of aryl methyl sites for hydroxylation is 2. The fourth-order valence-corrected chi connectivity index (χ4v) is 5.66. The first-order valence-corrected chi connectivity index (χ1v) is 13.4. The van der Waals surface area contributed by atoms with Gasteiger partial charge in [0.05, 0.1) is 6.04 Å². The Hall–Kier alpha value is -3.60. The molecule has 1 atom stereocenters. The van der Waals surface area contributed by atoms with Crippen molar-refractivity contribution in [1.29, 1.82) is 0 Å². The molecule has 0 aromatic heterocycles. The third-order valence-electron chi connectivity index (χ3n) is 7.67. The molecule has 1 aliphatic heterocycles. The van der Waals surface area contributed by atoms with E-state index in [1.165, 1.54) is 16.7 Å². The molecule has 0 spiro atoms. The highest BCUT2D eigenvalue weighted by Gasteiger charge is 2.36. The molecule has 2 amide bonds. The summed E-state index contributed by atoms with van der Waals surface area (Å²) in [7, 11) is 0. The molecule has 5 heteroatoms. The number of hydrogen-bond donors (Lipinski definition) is 1.